The lowest BCUT2D eigenvalue weighted by Gasteiger charge is -2.08. The summed E-state index contributed by atoms with van der Waals surface area (Å²) in [5.41, 5.74) is 2.20. The number of aliphatic hydroxyl groups is 1. The molecule has 0 unspecified atom stereocenters. The number of hydrogen-bond acceptors (Lipinski definition) is 4. The van der Waals surface area contributed by atoms with Gasteiger partial charge >= 0.3 is 0 Å². The van der Waals surface area contributed by atoms with Crippen molar-refractivity contribution in [3.8, 4) is 11.4 Å². The van der Waals surface area contributed by atoms with Crippen molar-refractivity contribution < 1.29 is 9.84 Å². The quantitative estimate of drug-likeness (QED) is 0.839. The van der Waals surface area contributed by atoms with Crippen LogP contribution in [0.1, 0.15) is 11.4 Å². The average molecular weight is 219 g/mol. The molecule has 5 heteroatoms. The number of benzene rings is 1. The Bertz CT molecular complexity index is 494. The maximum absolute atomic E-state index is 9.06. The van der Waals surface area contributed by atoms with Crippen molar-refractivity contribution in [1.29, 1.82) is 0 Å². The highest BCUT2D eigenvalue weighted by Crippen LogP contribution is 2.22. The molecular formula is C11H13N3O2. The minimum atomic E-state index is -0.110. The van der Waals surface area contributed by atoms with E-state index in [9.17, 15) is 0 Å². The standard InChI is InChI=1S/C11H13N3O2/c1-8-9(7-15)12-13-14(8)10-5-3-4-6-11(10)16-2/h3-6,15H,7H2,1-2H3. The van der Waals surface area contributed by atoms with E-state index in [4.69, 9.17) is 9.84 Å². The third-order valence-electron chi connectivity index (χ3n) is 2.45. The van der Waals surface area contributed by atoms with E-state index >= 15 is 0 Å². The fourth-order valence-electron chi connectivity index (χ4n) is 1.54. The summed E-state index contributed by atoms with van der Waals surface area (Å²) in [6, 6.07) is 7.54. The largest absolute Gasteiger partial charge is 0.494 e. The van der Waals surface area contributed by atoms with Crippen molar-refractivity contribution in [2.24, 2.45) is 0 Å². The fraction of sp³-hybridized carbons (Fsp3) is 0.273. The molecule has 1 N–H and O–H groups in total. The Morgan fingerprint density at radius 2 is 2.12 bits per heavy atom. The van der Waals surface area contributed by atoms with Crippen LogP contribution >= 0.6 is 0 Å². The van der Waals surface area contributed by atoms with Gasteiger partial charge in [0, 0.05) is 0 Å². The molecule has 5 nitrogen and oxygen atoms in total. The number of aromatic nitrogens is 3. The van der Waals surface area contributed by atoms with Gasteiger partial charge in [0.2, 0.25) is 0 Å². The Morgan fingerprint density at radius 1 is 1.38 bits per heavy atom. The van der Waals surface area contributed by atoms with Gasteiger partial charge in [0.1, 0.15) is 17.1 Å². The first-order valence-corrected chi connectivity index (χ1v) is 4.93. The van der Waals surface area contributed by atoms with E-state index in [2.05, 4.69) is 10.3 Å². The van der Waals surface area contributed by atoms with Crippen molar-refractivity contribution in [3.05, 3.63) is 35.7 Å². The Kier molecular flexibility index (Phi) is 2.87. The van der Waals surface area contributed by atoms with E-state index in [1.807, 2.05) is 31.2 Å². The molecule has 84 valence electrons. The fourth-order valence-corrected chi connectivity index (χ4v) is 1.54. The zero-order chi connectivity index (χ0) is 11.5. The van der Waals surface area contributed by atoms with Gasteiger partial charge in [-0.3, -0.25) is 0 Å². The first kappa shape index (κ1) is 10.6. The highest BCUT2D eigenvalue weighted by Gasteiger charge is 2.11. The van der Waals surface area contributed by atoms with Crippen LogP contribution in [-0.2, 0) is 6.61 Å². The minimum Gasteiger partial charge on any atom is -0.494 e. The summed E-state index contributed by atoms with van der Waals surface area (Å²) in [7, 11) is 1.61. The Labute approximate surface area is 93.3 Å². The van der Waals surface area contributed by atoms with E-state index < -0.39 is 0 Å². The SMILES string of the molecule is COc1ccccc1-n1nnc(CO)c1C. The number of aliphatic hydroxyl groups excluding tert-OH is 1. The molecule has 16 heavy (non-hydrogen) atoms. The predicted molar refractivity (Wildman–Crippen MR) is 58.6 cm³/mol. The van der Waals surface area contributed by atoms with Gasteiger partial charge in [-0.2, -0.15) is 0 Å². The lowest BCUT2D eigenvalue weighted by atomic mass is 10.2. The lowest BCUT2D eigenvalue weighted by Crippen LogP contribution is -2.02. The summed E-state index contributed by atoms with van der Waals surface area (Å²) in [5.74, 6) is 0.722. The van der Waals surface area contributed by atoms with Gasteiger partial charge in [-0.15, -0.1) is 5.10 Å². The molecule has 0 radical (unpaired) electrons. The number of nitrogens with zero attached hydrogens (tertiary/aromatic N) is 3. The molecule has 0 saturated carbocycles. The molecule has 1 aromatic heterocycles. The number of methoxy groups -OCH3 is 1. The number of para-hydroxylation sites is 2. The zero-order valence-corrected chi connectivity index (χ0v) is 9.21. The summed E-state index contributed by atoms with van der Waals surface area (Å²) in [6.07, 6.45) is 0. The van der Waals surface area contributed by atoms with Gasteiger partial charge < -0.3 is 9.84 Å². The summed E-state index contributed by atoms with van der Waals surface area (Å²) < 4.78 is 6.90. The number of hydrogen-bond donors (Lipinski definition) is 1. The summed E-state index contributed by atoms with van der Waals surface area (Å²) >= 11 is 0. The zero-order valence-electron chi connectivity index (χ0n) is 9.21. The second-order valence-electron chi connectivity index (χ2n) is 3.36. The van der Waals surface area contributed by atoms with Gasteiger partial charge in [-0.05, 0) is 19.1 Å². The van der Waals surface area contributed by atoms with Crippen molar-refractivity contribution in [1.82, 2.24) is 15.0 Å². The van der Waals surface area contributed by atoms with Crippen LogP contribution in [0.3, 0.4) is 0 Å². The molecule has 0 aliphatic heterocycles. The van der Waals surface area contributed by atoms with Crippen molar-refractivity contribution in [2.45, 2.75) is 13.5 Å². The molecule has 0 aliphatic carbocycles. The molecular weight excluding hydrogens is 206 g/mol. The molecule has 1 heterocycles. The van der Waals surface area contributed by atoms with Gasteiger partial charge in [-0.1, -0.05) is 17.3 Å². The molecule has 0 saturated heterocycles. The molecule has 2 aromatic rings. The van der Waals surface area contributed by atoms with E-state index in [-0.39, 0.29) is 6.61 Å². The van der Waals surface area contributed by atoms with Crippen molar-refractivity contribution >= 4 is 0 Å². The Morgan fingerprint density at radius 3 is 2.75 bits per heavy atom. The molecule has 0 aliphatic rings. The molecule has 1 aromatic carbocycles. The molecule has 0 spiro atoms. The second kappa shape index (κ2) is 4.32. The van der Waals surface area contributed by atoms with E-state index in [1.165, 1.54) is 0 Å². The topological polar surface area (TPSA) is 60.2 Å². The molecule has 0 amide bonds. The normalized spacial score (nSPS) is 10.4. The average Bonchev–Trinajstić information content (AvgIpc) is 2.70. The molecule has 0 bridgehead atoms. The van der Waals surface area contributed by atoms with E-state index in [1.54, 1.807) is 11.8 Å². The third-order valence-corrected chi connectivity index (χ3v) is 2.45. The van der Waals surface area contributed by atoms with E-state index in [0.29, 0.717) is 5.69 Å². The summed E-state index contributed by atoms with van der Waals surface area (Å²) in [6.45, 7) is 1.75. The minimum absolute atomic E-state index is 0.110. The van der Waals surface area contributed by atoms with Crippen LogP contribution in [-0.4, -0.2) is 27.2 Å². The van der Waals surface area contributed by atoms with Crippen LogP contribution in [0.15, 0.2) is 24.3 Å². The van der Waals surface area contributed by atoms with Crippen LogP contribution in [0.5, 0.6) is 5.75 Å². The van der Waals surface area contributed by atoms with Gasteiger partial charge in [0.25, 0.3) is 0 Å². The molecule has 0 fully saturated rings. The number of ether oxygens (including phenoxy) is 1. The van der Waals surface area contributed by atoms with Crippen LogP contribution in [0.25, 0.3) is 5.69 Å². The molecule has 0 atom stereocenters. The first-order chi connectivity index (χ1) is 7.77. The predicted octanol–water partition coefficient (Wildman–Crippen LogP) is 1.08. The highest BCUT2D eigenvalue weighted by molar-refractivity contribution is 5.46. The third kappa shape index (κ3) is 1.65. The van der Waals surface area contributed by atoms with Crippen molar-refractivity contribution in [2.75, 3.05) is 7.11 Å². The van der Waals surface area contributed by atoms with Crippen LogP contribution in [0, 0.1) is 6.92 Å². The summed E-state index contributed by atoms with van der Waals surface area (Å²) in [4.78, 5) is 0. The number of rotatable bonds is 3. The Balaban J connectivity index is 2.54. The van der Waals surface area contributed by atoms with Gasteiger partial charge in [-0.25, -0.2) is 4.68 Å². The van der Waals surface area contributed by atoms with Crippen LogP contribution < -0.4 is 4.74 Å². The Hall–Kier alpha value is -1.88. The summed E-state index contributed by atoms with van der Waals surface area (Å²) in [5, 5.41) is 16.9. The van der Waals surface area contributed by atoms with Crippen LogP contribution in [0.2, 0.25) is 0 Å². The second-order valence-corrected chi connectivity index (χ2v) is 3.36. The van der Waals surface area contributed by atoms with Crippen LogP contribution in [0.4, 0.5) is 0 Å². The highest BCUT2D eigenvalue weighted by atomic mass is 16.5. The first-order valence-electron chi connectivity index (χ1n) is 4.93. The van der Waals surface area contributed by atoms with Gasteiger partial charge in [0.15, 0.2) is 0 Å². The van der Waals surface area contributed by atoms with E-state index in [0.717, 1.165) is 17.1 Å². The smallest absolute Gasteiger partial charge is 0.144 e. The maximum atomic E-state index is 9.06. The maximum Gasteiger partial charge on any atom is 0.144 e. The van der Waals surface area contributed by atoms with Gasteiger partial charge in [0.05, 0.1) is 19.4 Å². The lowest BCUT2D eigenvalue weighted by molar-refractivity contribution is 0.276. The van der Waals surface area contributed by atoms with Crippen molar-refractivity contribution in [3.63, 3.8) is 0 Å². The monoisotopic (exact) mass is 219 g/mol. The molecule has 2 rings (SSSR count).